The van der Waals surface area contributed by atoms with Gasteiger partial charge in [0.15, 0.2) is 0 Å². The van der Waals surface area contributed by atoms with E-state index in [4.69, 9.17) is 0 Å². The van der Waals surface area contributed by atoms with Crippen LogP contribution in [0.4, 0.5) is 0 Å². The Bertz CT molecular complexity index is 842. The molecule has 0 saturated heterocycles. The van der Waals surface area contributed by atoms with Crippen LogP contribution < -0.4 is 0 Å². The van der Waals surface area contributed by atoms with Gasteiger partial charge < -0.3 is 10.2 Å². The van der Waals surface area contributed by atoms with Gasteiger partial charge in [-0.05, 0) is 80.6 Å². The second-order valence-electron chi connectivity index (χ2n) is 5.68. The minimum Gasteiger partial charge on any atom is -0.508 e. The van der Waals surface area contributed by atoms with E-state index in [2.05, 4.69) is 0 Å². The smallest absolute Gasteiger partial charge is 0.207 e. The third kappa shape index (κ3) is 2.46. The van der Waals surface area contributed by atoms with Crippen LogP contribution in [0.2, 0.25) is 0 Å². The molecule has 0 bridgehead atoms. The fourth-order valence-electron chi connectivity index (χ4n) is 2.53. The Kier molecular flexibility index (Phi) is 3.96. The van der Waals surface area contributed by atoms with Crippen LogP contribution in [-0.4, -0.2) is 18.6 Å². The van der Waals surface area contributed by atoms with Crippen molar-refractivity contribution >= 4 is 9.84 Å². The number of benzene rings is 2. The minimum atomic E-state index is -3.77. The first-order valence-corrected chi connectivity index (χ1v) is 8.40. The lowest BCUT2D eigenvalue weighted by Gasteiger charge is -2.16. The van der Waals surface area contributed by atoms with Crippen molar-refractivity contribution in [3.05, 3.63) is 46.0 Å². The first-order chi connectivity index (χ1) is 10.1. The van der Waals surface area contributed by atoms with Crippen molar-refractivity contribution in [1.82, 2.24) is 0 Å². The third-order valence-corrected chi connectivity index (χ3v) is 6.21. The number of hydrogen-bond donors (Lipinski definition) is 2. The SMILES string of the molecule is Cc1cc(S(=O)(=O)c2c(C)cc(O)c(C)c2C)cc(O)c1C. The van der Waals surface area contributed by atoms with Crippen LogP contribution in [-0.2, 0) is 9.84 Å². The molecule has 22 heavy (non-hydrogen) atoms. The maximum absolute atomic E-state index is 13.0. The molecule has 0 amide bonds. The molecule has 0 aliphatic carbocycles. The lowest BCUT2D eigenvalue weighted by Crippen LogP contribution is -2.08. The van der Waals surface area contributed by atoms with Crippen molar-refractivity contribution in [2.75, 3.05) is 0 Å². The van der Waals surface area contributed by atoms with Crippen LogP contribution in [0.5, 0.6) is 11.5 Å². The van der Waals surface area contributed by atoms with E-state index in [1.54, 1.807) is 40.7 Å². The fraction of sp³-hybridized carbons (Fsp3) is 0.294. The molecule has 5 heteroatoms. The molecule has 0 radical (unpaired) electrons. The Hall–Kier alpha value is -2.01. The molecule has 2 rings (SSSR count). The lowest BCUT2D eigenvalue weighted by molar-refractivity contribution is 0.467. The van der Waals surface area contributed by atoms with Crippen molar-refractivity contribution < 1.29 is 18.6 Å². The monoisotopic (exact) mass is 320 g/mol. The number of aromatic hydroxyl groups is 2. The molecule has 0 aromatic heterocycles. The average molecular weight is 320 g/mol. The molecule has 2 aromatic carbocycles. The van der Waals surface area contributed by atoms with Gasteiger partial charge in [0.05, 0.1) is 9.79 Å². The van der Waals surface area contributed by atoms with E-state index in [0.717, 1.165) is 0 Å². The van der Waals surface area contributed by atoms with Crippen molar-refractivity contribution in [2.24, 2.45) is 0 Å². The summed E-state index contributed by atoms with van der Waals surface area (Å²) < 4.78 is 25.9. The Labute approximate surface area is 131 Å². The Morgan fingerprint density at radius 3 is 1.82 bits per heavy atom. The second-order valence-corrected chi connectivity index (χ2v) is 7.57. The molecule has 4 nitrogen and oxygen atoms in total. The molecule has 0 unspecified atom stereocenters. The molecular formula is C17H20O4S. The van der Waals surface area contributed by atoms with Gasteiger partial charge in [-0.1, -0.05) is 0 Å². The summed E-state index contributed by atoms with van der Waals surface area (Å²) in [4.78, 5) is 0.245. The normalized spacial score (nSPS) is 11.7. The molecular weight excluding hydrogens is 300 g/mol. The molecule has 2 N–H and O–H groups in total. The summed E-state index contributed by atoms with van der Waals surface area (Å²) in [5.41, 5.74) is 2.92. The van der Waals surface area contributed by atoms with Gasteiger partial charge in [-0.15, -0.1) is 0 Å². The predicted octanol–water partition coefficient (Wildman–Crippen LogP) is 3.47. The maximum Gasteiger partial charge on any atom is 0.207 e. The van der Waals surface area contributed by atoms with E-state index in [0.29, 0.717) is 27.8 Å². The highest BCUT2D eigenvalue weighted by atomic mass is 32.2. The topological polar surface area (TPSA) is 74.6 Å². The number of aryl methyl sites for hydroxylation is 2. The highest BCUT2D eigenvalue weighted by molar-refractivity contribution is 7.91. The van der Waals surface area contributed by atoms with Gasteiger partial charge in [0.2, 0.25) is 9.84 Å². The molecule has 2 aromatic rings. The van der Waals surface area contributed by atoms with Gasteiger partial charge in [-0.25, -0.2) is 8.42 Å². The Morgan fingerprint density at radius 1 is 0.727 bits per heavy atom. The number of phenolic OH excluding ortho intramolecular Hbond substituents is 2. The van der Waals surface area contributed by atoms with E-state index in [-0.39, 0.29) is 21.3 Å². The summed E-state index contributed by atoms with van der Waals surface area (Å²) in [5, 5.41) is 19.8. The molecule has 0 fully saturated rings. The average Bonchev–Trinajstić information content (AvgIpc) is 2.41. The molecule has 0 saturated carbocycles. The Morgan fingerprint density at radius 2 is 1.27 bits per heavy atom. The van der Waals surface area contributed by atoms with Crippen LogP contribution >= 0.6 is 0 Å². The zero-order valence-corrected chi connectivity index (χ0v) is 14.2. The van der Waals surface area contributed by atoms with Gasteiger partial charge in [0.1, 0.15) is 11.5 Å². The van der Waals surface area contributed by atoms with Gasteiger partial charge in [0, 0.05) is 0 Å². The summed E-state index contributed by atoms with van der Waals surface area (Å²) in [5.74, 6) is 0.0428. The largest absolute Gasteiger partial charge is 0.508 e. The van der Waals surface area contributed by atoms with Gasteiger partial charge in [-0.2, -0.15) is 0 Å². The molecule has 0 aliphatic heterocycles. The van der Waals surface area contributed by atoms with E-state index < -0.39 is 9.84 Å². The maximum atomic E-state index is 13.0. The summed E-state index contributed by atoms with van der Waals surface area (Å²) in [6.07, 6.45) is 0. The number of sulfone groups is 1. The summed E-state index contributed by atoms with van der Waals surface area (Å²) >= 11 is 0. The number of phenols is 2. The van der Waals surface area contributed by atoms with Gasteiger partial charge in [-0.3, -0.25) is 0 Å². The summed E-state index contributed by atoms with van der Waals surface area (Å²) in [7, 11) is -3.77. The third-order valence-electron chi connectivity index (χ3n) is 4.19. The van der Waals surface area contributed by atoms with E-state index in [1.807, 2.05) is 0 Å². The molecule has 0 aliphatic rings. The van der Waals surface area contributed by atoms with Crippen LogP contribution in [0, 0.1) is 34.6 Å². The standard InChI is InChI=1S/C17H20O4S/c1-9-6-14(8-16(19)11(9)3)22(20,21)17-10(2)7-15(18)12(4)13(17)5/h6-8,18-19H,1-5H3. The van der Waals surface area contributed by atoms with Crippen molar-refractivity contribution in [3.63, 3.8) is 0 Å². The van der Waals surface area contributed by atoms with Crippen LogP contribution in [0.15, 0.2) is 28.0 Å². The van der Waals surface area contributed by atoms with Crippen LogP contribution in [0.3, 0.4) is 0 Å². The van der Waals surface area contributed by atoms with Crippen molar-refractivity contribution in [3.8, 4) is 11.5 Å². The van der Waals surface area contributed by atoms with Gasteiger partial charge in [0.25, 0.3) is 0 Å². The molecule has 118 valence electrons. The molecule has 0 spiro atoms. The van der Waals surface area contributed by atoms with E-state index in [1.165, 1.54) is 12.1 Å². The predicted molar refractivity (Wildman–Crippen MR) is 85.4 cm³/mol. The van der Waals surface area contributed by atoms with Crippen molar-refractivity contribution in [1.29, 1.82) is 0 Å². The molecule has 0 atom stereocenters. The highest BCUT2D eigenvalue weighted by Gasteiger charge is 2.25. The van der Waals surface area contributed by atoms with E-state index in [9.17, 15) is 18.6 Å². The fourth-order valence-corrected chi connectivity index (χ4v) is 4.41. The van der Waals surface area contributed by atoms with Gasteiger partial charge >= 0.3 is 0 Å². The van der Waals surface area contributed by atoms with Crippen LogP contribution in [0.1, 0.15) is 27.8 Å². The number of rotatable bonds is 2. The lowest BCUT2D eigenvalue weighted by atomic mass is 10.1. The quantitative estimate of drug-likeness (QED) is 0.888. The summed E-state index contributed by atoms with van der Waals surface area (Å²) in [6, 6.07) is 4.29. The Balaban J connectivity index is 2.80. The molecule has 0 heterocycles. The van der Waals surface area contributed by atoms with Crippen LogP contribution in [0.25, 0.3) is 0 Å². The first-order valence-electron chi connectivity index (χ1n) is 6.92. The first kappa shape index (κ1) is 16.4. The highest BCUT2D eigenvalue weighted by Crippen LogP contribution is 2.35. The van der Waals surface area contributed by atoms with E-state index >= 15 is 0 Å². The second kappa shape index (κ2) is 5.32. The summed E-state index contributed by atoms with van der Waals surface area (Å²) in [6.45, 7) is 8.51. The zero-order valence-electron chi connectivity index (χ0n) is 13.4. The minimum absolute atomic E-state index is 0.0376. The number of hydrogen-bond acceptors (Lipinski definition) is 4. The van der Waals surface area contributed by atoms with Crippen molar-refractivity contribution in [2.45, 2.75) is 44.4 Å². The zero-order chi connectivity index (χ0) is 16.8.